The van der Waals surface area contributed by atoms with E-state index in [1.54, 1.807) is 0 Å². The summed E-state index contributed by atoms with van der Waals surface area (Å²) in [5.74, 6) is 0. The van der Waals surface area contributed by atoms with Gasteiger partial charge < -0.3 is 10.1 Å². The van der Waals surface area contributed by atoms with Gasteiger partial charge in [0.2, 0.25) is 0 Å². The molecule has 0 aliphatic heterocycles. The zero-order chi connectivity index (χ0) is 15.7. The third-order valence-electron chi connectivity index (χ3n) is 3.50. The second-order valence-electron chi connectivity index (χ2n) is 5.30. The zero-order valence-corrected chi connectivity index (χ0v) is 14.8. The van der Waals surface area contributed by atoms with Crippen molar-refractivity contribution in [2.45, 2.75) is 58.6 Å². The molecule has 2 unspecified atom stereocenters. The number of rotatable bonds is 10. The molecule has 1 N–H and O–H groups in total. The zero-order valence-electron chi connectivity index (χ0n) is 13.3. The monoisotopic (exact) mass is 331 g/mol. The SMILES string of the molecule is CCCNC(Cc1ccc(Cl)c(Cl)c1)C(CCC)OCC. The van der Waals surface area contributed by atoms with Crippen molar-refractivity contribution in [2.75, 3.05) is 13.2 Å². The summed E-state index contributed by atoms with van der Waals surface area (Å²) >= 11 is 12.1. The van der Waals surface area contributed by atoms with E-state index in [4.69, 9.17) is 27.9 Å². The van der Waals surface area contributed by atoms with Crippen molar-refractivity contribution < 1.29 is 4.74 Å². The minimum atomic E-state index is 0.237. The third-order valence-corrected chi connectivity index (χ3v) is 4.24. The Kier molecular flexibility index (Phi) is 9.34. The van der Waals surface area contributed by atoms with Crippen molar-refractivity contribution in [3.05, 3.63) is 33.8 Å². The maximum absolute atomic E-state index is 6.12. The molecule has 0 bridgehead atoms. The first-order chi connectivity index (χ1) is 10.1. The smallest absolute Gasteiger partial charge is 0.0731 e. The first-order valence-corrected chi connectivity index (χ1v) is 8.66. The van der Waals surface area contributed by atoms with E-state index in [1.807, 2.05) is 18.2 Å². The first kappa shape index (κ1) is 18.8. The van der Waals surface area contributed by atoms with E-state index in [9.17, 15) is 0 Å². The Bertz CT molecular complexity index is 406. The van der Waals surface area contributed by atoms with Crippen LogP contribution in [0.15, 0.2) is 18.2 Å². The van der Waals surface area contributed by atoms with Crippen LogP contribution in [-0.4, -0.2) is 25.3 Å². The van der Waals surface area contributed by atoms with Crippen LogP contribution in [0.2, 0.25) is 10.0 Å². The fraction of sp³-hybridized carbons (Fsp3) is 0.647. The number of ether oxygens (including phenoxy) is 1. The number of nitrogens with one attached hydrogen (secondary N) is 1. The molecule has 0 heterocycles. The van der Waals surface area contributed by atoms with Crippen LogP contribution in [-0.2, 0) is 11.2 Å². The lowest BCUT2D eigenvalue weighted by atomic mass is 9.98. The molecule has 0 amide bonds. The quantitative estimate of drug-likeness (QED) is 0.643. The molecule has 0 aromatic heterocycles. The van der Waals surface area contributed by atoms with Crippen LogP contribution < -0.4 is 5.32 Å². The Labute approximate surface area is 139 Å². The van der Waals surface area contributed by atoms with E-state index < -0.39 is 0 Å². The van der Waals surface area contributed by atoms with Gasteiger partial charge in [-0.05, 0) is 50.4 Å². The largest absolute Gasteiger partial charge is 0.377 e. The number of hydrogen-bond acceptors (Lipinski definition) is 2. The topological polar surface area (TPSA) is 21.3 Å². The highest BCUT2D eigenvalue weighted by molar-refractivity contribution is 6.42. The molecule has 0 saturated carbocycles. The van der Waals surface area contributed by atoms with E-state index in [0.29, 0.717) is 16.1 Å². The standard InChI is InChI=1S/C17H27Cl2NO/c1-4-7-17(21-6-3)16(20-10-5-2)12-13-8-9-14(18)15(19)11-13/h8-9,11,16-17,20H,4-7,10,12H2,1-3H3. The summed E-state index contributed by atoms with van der Waals surface area (Å²) in [5, 5.41) is 4.84. The molecule has 1 rings (SSSR count). The Hall–Kier alpha value is -0.280. The van der Waals surface area contributed by atoms with Crippen LogP contribution in [0.4, 0.5) is 0 Å². The molecule has 1 aromatic rings. The molecule has 0 aliphatic rings. The second-order valence-corrected chi connectivity index (χ2v) is 6.11. The summed E-state index contributed by atoms with van der Waals surface area (Å²) in [4.78, 5) is 0. The van der Waals surface area contributed by atoms with Gasteiger partial charge >= 0.3 is 0 Å². The fourth-order valence-electron chi connectivity index (χ4n) is 2.48. The lowest BCUT2D eigenvalue weighted by molar-refractivity contribution is 0.0282. The van der Waals surface area contributed by atoms with E-state index in [-0.39, 0.29) is 6.10 Å². The predicted octanol–water partition coefficient (Wildman–Crippen LogP) is 5.11. The van der Waals surface area contributed by atoms with Gasteiger partial charge in [0.05, 0.1) is 16.1 Å². The molecular weight excluding hydrogens is 305 g/mol. The van der Waals surface area contributed by atoms with E-state index in [2.05, 4.69) is 26.1 Å². The minimum absolute atomic E-state index is 0.237. The average Bonchev–Trinajstić information content (AvgIpc) is 2.47. The highest BCUT2D eigenvalue weighted by Gasteiger charge is 2.21. The van der Waals surface area contributed by atoms with Crippen LogP contribution in [0.1, 0.15) is 45.6 Å². The van der Waals surface area contributed by atoms with Crippen molar-refractivity contribution in [3.63, 3.8) is 0 Å². The Morgan fingerprint density at radius 1 is 1.10 bits per heavy atom. The van der Waals surface area contributed by atoms with Crippen molar-refractivity contribution >= 4 is 23.2 Å². The summed E-state index contributed by atoms with van der Waals surface area (Å²) in [6.45, 7) is 8.18. The molecule has 0 spiro atoms. The van der Waals surface area contributed by atoms with Gasteiger partial charge in [-0.2, -0.15) is 0 Å². The van der Waals surface area contributed by atoms with Gasteiger partial charge in [0.25, 0.3) is 0 Å². The van der Waals surface area contributed by atoms with Gasteiger partial charge in [-0.25, -0.2) is 0 Å². The van der Waals surface area contributed by atoms with E-state index >= 15 is 0 Å². The molecule has 0 saturated heterocycles. The highest BCUT2D eigenvalue weighted by Crippen LogP contribution is 2.24. The molecule has 120 valence electrons. The van der Waals surface area contributed by atoms with E-state index in [1.165, 1.54) is 5.56 Å². The summed E-state index contributed by atoms with van der Waals surface area (Å²) in [7, 11) is 0. The third kappa shape index (κ3) is 6.56. The van der Waals surface area contributed by atoms with Crippen LogP contribution in [0, 0.1) is 0 Å². The Balaban J connectivity index is 2.81. The van der Waals surface area contributed by atoms with Crippen molar-refractivity contribution in [1.82, 2.24) is 5.32 Å². The number of halogens is 2. The highest BCUT2D eigenvalue weighted by atomic mass is 35.5. The van der Waals surface area contributed by atoms with Crippen LogP contribution >= 0.6 is 23.2 Å². The molecule has 0 aliphatic carbocycles. The summed E-state index contributed by atoms with van der Waals surface area (Å²) in [5.41, 5.74) is 1.19. The molecule has 0 radical (unpaired) electrons. The maximum atomic E-state index is 6.12. The normalized spacial score (nSPS) is 14.1. The average molecular weight is 332 g/mol. The van der Waals surface area contributed by atoms with E-state index in [0.717, 1.165) is 38.8 Å². The molecule has 1 aromatic carbocycles. The minimum Gasteiger partial charge on any atom is -0.377 e. The first-order valence-electron chi connectivity index (χ1n) is 7.91. The molecule has 2 nitrogen and oxygen atoms in total. The van der Waals surface area contributed by atoms with Gasteiger partial charge in [-0.3, -0.25) is 0 Å². The van der Waals surface area contributed by atoms with Gasteiger partial charge in [-0.15, -0.1) is 0 Å². The van der Waals surface area contributed by atoms with Crippen LogP contribution in [0.5, 0.6) is 0 Å². The molecule has 0 fully saturated rings. The lowest BCUT2D eigenvalue weighted by Gasteiger charge is -2.28. The van der Waals surface area contributed by atoms with Crippen LogP contribution in [0.3, 0.4) is 0 Å². The molecule has 2 atom stereocenters. The lowest BCUT2D eigenvalue weighted by Crippen LogP contribution is -2.43. The van der Waals surface area contributed by atoms with Gasteiger partial charge in [0.15, 0.2) is 0 Å². The van der Waals surface area contributed by atoms with Crippen molar-refractivity contribution in [3.8, 4) is 0 Å². The maximum Gasteiger partial charge on any atom is 0.0731 e. The van der Waals surface area contributed by atoms with Crippen molar-refractivity contribution in [2.24, 2.45) is 0 Å². The number of hydrogen-bond donors (Lipinski definition) is 1. The van der Waals surface area contributed by atoms with Crippen LogP contribution in [0.25, 0.3) is 0 Å². The van der Waals surface area contributed by atoms with Gasteiger partial charge in [0, 0.05) is 12.6 Å². The second kappa shape index (κ2) is 10.4. The fourth-order valence-corrected chi connectivity index (χ4v) is 2.81. The van der Waals surface area contributed by atoms with Crippen molar-refractivity contribution in [1.29, 1.82) is 0 Å². The Morgan fingerprint density at radius 3 is 2.43 bits per heavy atom. The summed E-state index contributed by atoms with van der Waals surface area (Å²) in [6.07, 6.45) is 4.44. The molecule has 4 heteroatoms. The van der Waals surface area contributed by atoms with Gasteiger partial charge in [0.1, 0.15) is 0 Å². The molecule has 21 heavy (non-hydrogen) atoms. The number of benzene rings is 1. The molecular formula is C17H27Cl2NO. The predicted molar refractivity (Wildman–Crippen MR) is 92.6 cm³/mol. The summed E-state index contributed by atoms with van der Waals surface area (Å²) in [6, 6.07) is 6.18. The Morgan fingerprint density at radius 2 is 1.86 bits per heavy atom. The van der Waals surface area contributed by atoms with Gasteiger partial charge in [-0.1, -0.05) is 49.5 Å². The summed E-state index contributed by atoms with van der Waals surface area (Å²) < 4.78 is 5.95.